The van der Waals surface area contributed by atoms with Gasteiger partial charge in [0.15, 0.2) is 18.7 Å². The quantitative estimate of drug-likeness (QED) is 0.0456. The Hall–Kier alpha value is -7.17. The Bertz CT molecular complexity index is 2980. The summed E-state index contributed by atoms with van der Waals surface area (Å²) in [6.45, 7) is 1.64. The van der Waals surface area contributed by atoms with E-state index in [0.717, 1.165) is 38.9 Å². The van der Waals surface area contributed by atoms with E-state index in [-0.39, 0.29) is 52.9 Å². The van der Waals surface area contributed by atoms with Crippen LogP contribution in [0.1, 0.15) is 49.3 Å². The van der Waals surface area contributed by atoms with E-state index >= 15 is 0 Å². The predicted molar refractivity (Wildman–Crippen MR) is 301 cm³/mol. The topological polar surface area (TPSA) is 119 Å². The van der Waals surface area contributed by atoms with Crippen molar-refractivity contribution in [1.82, 2.24) is 0 Å². The molecule has 10 rings (SSSR count). The van der Waals surface area contributed by atoms with Gasteiger partial charge >= 0.3 is 5.97 Å². The number of benzene rings is 8. The Morgan fingerprint density at radius 3 is 0.950 bits per heavy atom. The van der Waals surface area contributed by atoms with Crippen LogP contribution in [-0.2, 0) is 98.4 Å². The maximum absolute atomic E-state index is 14.7. The molecular formula is C68H68O12. The second-order valence-corrected chi connectivity index (χ2v) is 19.8. The van der Waals surface area contributed by atoms with E-state index in [9.17, 15) is 4.79 Å². The lowest BCUT2D eigenvalue weighted by Crippen LogP contribution is -2.66. The molecule has 2 saturated heterocycles. The van der Waals surface area contributed by atoms with Crippen molar-refractivity contribution >= 4 is 5.97 Å². The highest BCUT2D eigenvalue weighted by Crippen LogP contribution is 2.37. The van der Waals surface area contributed by atoms with Crippen molar-refractivity contribution < 1.29 is 56.9 Å². The Kier molecular flexibility index (Phi) is 21.0. The molecule has 0 amide bonds. The highest BCUT2D eigenvalue weighted by molar-refractivity contribution is 5.89. The summed E-state index contributed by atoms with van der Waals surface area (Å²) in [4.78, 5) is 14.7. The molecule has 2 heterocycles. The van der Waals surface area contributed by atoms with Crippen molar-refractivity contribution in [2.45, 2.75) is 108 Å². The normalized spacial score (nSPS) is 22.8. The van der Waals surface area contributed by atoms with Crippen LogP contribution in [-0.4, -0.2) is 80.6 Å². The molecule has 0 aromatic heterocycles. The first kappa shape index (κ1) is 56.1. The molecule has 0 unspecified atom stereocenters. The lowest BCUT2D eigenvalue weighted by atomic mass is 9.96. The van der Waals surface area contributed by atoms with Crippen LogP contribution in [0.3, 0.4) is 0 Å². The molecule has 10 atom stereocenters. The molecule has 412 valence electrons. The summed E-state index contributed by atoms with van der Waals surface area (Å²) < 4.78 is 76.7. The van der Waals surface area contributed by atoms with E-state index in [1.54, 1.807) is 24.3 Å². The Labute approximate surface area is 469 Å². The predicted octanol–water partition coefficient (Wildman–Crippen LogP) is 12.0. The molecule has 0 spiro atoms. The largest absolute Gasteiger partial charge is 0.450 e. The van der Waals surface area contributed by atoms with Crippen LogP contribution in [0.25, 0.3) is 0 Å². The summed E-state index contributed by atoms with van der Waals surface area (Å²) in [5.74, 6) is -0.616. The first-order valence-corrected chi connectivity index (χ1v) is 27.3. The number of rotatable bonds is 27. The molecule has 0 aliphatic carbocycles. The number of ether oxygens (including phenoxy) is 11. The number of esters is 1. The van der Waals surface area contributed by atoms with Crippen LogP contribution >= 0.6 is 0 Å². The van der Waals surface area contributed by atoms with Gasteiger partial charge in [0, 0.05) is 0 Å². The first-order valence-electron chi connectivity index (χ1n) is 27.3. The molecule has 12 heteroatoms. The minimum atomic E-state index is -1.37. The average molecular weight is 1080 g/mol. The van der Waals surface area contributed by atoms with E-state index in [4.69, 9.17) is 52.1 Å². The third kappa shape index (κ3) is 16.2. The van der Waals surface area contributed by atoms with Crippen LogP contribution in [0.15, 0.2) is 243 Å². The number of hydrogen-bond donors (Lipinski definition) is 0. The van der Waals surface area contributed by atoms with Crippen molar-refractivity contribution in [3.05, 3.63) is 287 Å². The van der Waals surface area contributed by atoms with Crippen molar-refractivity contribution in [1.29, 1.82) is 0 Å². The Morgan fingerprint density at radius 1 is 0.300 bits per heavy atom. The van der Waals surface area contributed by atoms with Crippen molar-refractivity contribution in [2.75, 3.05) is 13.2 Å². The van der Waals surface area contributed by atoms with Crippen LogP contribution in [0, 0.1) is 0 Å². The minimum Gasteiger partial charge on any atom is -0.450 e. The fourth-order valence-corrected chi connectivity index (χ4v) is 9.80. The highest BCUT2D eigenvalue weighted by Gasteiger charge is 2.55. The van der Waals surface area contributed by atoms with Crippen LogP contribution in [0.5, 0.6) is 0 Å². The molecule has 80 heavy (non-hydrogen) atoms. The minimum absolute atomic E-state index is 0.0471. The van der Waals surface area contributed by atoms with Gasteiger partial charge in [-0.15, -0.1) is 0 Å². The number of carbonyl (C=O) groups is 1. The molecule has 0 saturated carbocycles. The lowest BCUT2D eigenvalue weighted by Gasteiger charge is -2.50. The van der Waals surface area contributed by atoms with Crippen molar-refractivity contribution in [3.8, 4) is 0 Å². The molecule has 8 aromatic rings. The molecule has 0 bridgehead atoms. The Morgan fingerprint density at radius 2 is 0.588 bits per heavy atom. The van der Waals surface area contributed by atoms with E-state index in [2.05, 4.69) is 0 Å². The van der Waals surface area contributed by atoms with E-state index in [0.29, 0.717) is 12.2 Å². The van der Waals surface area contributed by atoms with Gasteiger partial charge in [0.2, 0.25) is 0 Å². The highest BCUT2D eigenvalue weighted by atomic mass is 16.8. The Balaban J connectivity index is 1.07. The SMILES string of the molecule is O=C(O[C@H]1[C@H](O[C@@H]2[C@@H](OCc3ccccc3)O[C@H](COCc3ccccc3)[C@@H](OCc3ccccc3)[C@@H]2OCc2ccccc2)O[C@H](COCc2ccccc2)[C@@H](OCc2ccccc2)[C@@H]1OCc1ccccc1)c1ccccc1. The van der Waals surface area contributed by atoms with Crippen molar-refractivity contribution in [3.63, 3.8) is 0 Å². The molecule has 2 fully saturated rings. The van der Waals surface area contributed by atoms with Crippen molar-refractivity contribution in [2.24, 2.45) is 0 Å². The summed E-state index contributed by atoms with van der Waals surface area (Å²) in [6.07, 6.45) is -10.1. The fraction of sp³-hybridized carbons (Fsp3) is 0.279. The van der Waals surface area contributed by atoms with Gasteiger partial charge in [0.25, 0.3) is 0 Å². The molecular weight excluding hydrogens is 1010 g/mol. The standard InChI is InChI=1S/C68H68O12/c69-66(57-39-23-8-24-40-57)79-65-63(75-46-55-35-19-6-20-36-55)61(73-44-53-31-15-4-16-32-53)59(49-71-42-51-27-11-2-12-28-51)78-68(65)80-64-62(74-45-54-33-17-5-18-34-54)60(72-43-52-29-13-3-14-30-52)58(48-70-41-50-25-9-1-10-26-50)77-67(64)76-47-56-37-21-7-22-38-56/h1-40,58-65,67-68H,41-49H2/t58-,59-,60-,61-,62+,63+,64+,65-,67+,68+/m1/s1. The van der Waals surface area contributed by atoms with E-state index in [1.165, 1.54) is 0 Å². The zero-order chi connectivity index (χ0) is 54.4. The van der Waals surface area contributed by atoms with Crippen LogP contribution in [0.4, 0.5) is 0 Å². The number of hydrogen-bond acceptors (Lipinski definition) is 12. The van der Waals surface area contributed by atoms with Crippen LogP contribution in [0.2, 0.25) is 0 Å². The zero-order valence-electron chi connectivity index (χ0n) is 44.6. The van der Waals surface area contributed by atoms with Gasteiger partial charge in [-0.25, -0.2) is 4.79 Å². The third-order valence-corrected chi connectivity index (χ3v) is 13.9. The smallest absolute Gasteiger partial charge is 0.338 e. The van der Waals surface area contributed by atoms with E-state index < -0.39 is 67.4 Å². The average Bonchev–Trinajstić information content (AvgIpc) is 3.54. The summed E-state index contributed by atoms with van der Waals surface area (Å²) in [5, 5.41) is 0. The maximum Gasteiger partial charge on any atom is 0.338 e. The molecule has 8 aromatic carbocycles. The summed E-state index contributed by atoms with van der Waals surface area (Å²) in [5.41, 5.74) is 6.89. The summed E-state index contributed by atoms with van der Waals surface area (Å²) >= 11 is 0. The van der Waals surface area contributed by atoms with E-state index in [1.807, 2.05) is 218 Å². The van der Waals surface area contributed by atoms with Crippen LogP contribution < -0.4 is 0 Å². The van der Waals surface area contributed by atoms with Gasteiger partial charge in [0.1, 0.15) is 42.7 Å². The number of carbonyl (C=O) groups excluding carboxylic acids is 1. The molecule has 12 nitrogen and oxygen atoms in total. The fourth-order valence-electron chi connectivity index (χ4n) is 9.80. The second-order valence-electron chi connectivity index (χ2n) is 19.8. The molecule has 0 radical (unpaired) electrons. The molecule has 0 N–H and O–H groups in total. The van der Waals surface area contributed by atoms with Gasteiger partial charge in [-0.1, -0.05) is 231 Å². The monoisotopic (exact) mass is 1080 g/mol. The zero-order valence-corrected chi connectivity index (χ0v) is 44.6. The molecule has 2 aliphatic heterocycles. The van der Waals surface area contributed by atoms with Gasteiger partial charge < -0.3 is 52.1 Å². The molecule has 2 aliphatic rings. The maximum atomic E-state index is 14.7. The second kappa shape index (κ2) is 29.9. The summed E-state index contributed by atoms with van der Waals surface area (Å²) in [7, 11) is 0. The van der Waals surface area contributed by atoms with Gasteiger partial charge in [0.05, 0.1) is 65.0 Å². The first-order chi connectivity index (χ1) is 39.6. The lowest BCUT2D eigenvalue weighted by molar-refractivity contribution is -0.380. The van der Waals surface area contributed by atoms with Gasteiger partial charge in [-0.05, 0) is 51.1 Å². The summed E-state index contributed by atoms with van der Waals surface area (Å²) in [6, 6.07) is 78.1. The van der Waals surface area contributed by atoms with Gasteiger partial charge in [-0.3, -0.25) is 0 Å². The van der Waals surface area contributed by atoms with Gasteiger partial charge in [-0.2, -0.15) is 0 Å². The third-order valence-electron chi connectivity index (χ3n) is 13.9.